The summed E-state index contributed by atoms with van der Waals surface area (Å²) in [6.07, 6.45) is -2.33. The first-order valence-electron chi connectivity index (χ1n) is 10.0. The molecule has 2 unspecified atom stereocenters. The van der Waals surface area contributed by atoms with Crippen LogP contribution in [0, 0.1) is 22.0 Å². The lowest BCUT2D eigenvalue weighted by Crippen LogP contribution is -2.41. The summed E-state index contributed by atoms with van der Waals surface area (Å²) >= 11 is 0. The van der Waals surface area contributed by atoms with Gasteiger partial charge in [0, 0.05) is 24.6 Å². The molecule has 0 radical (unpaired) electrons. The first kappa shape index (κ1) is 22.7. The molecule has 1 saturated heterocycles. The van der Waals surface area contributed by atoms with E-state index < -0.39 is 54.0 Å². The van der Waals surface area contributed by atoms with Gasteiger partial charge in [-0.2, -0.15) is 13.2 Å². The highest BCUT2D eigenvalue weighted by molar-refractivity contribution is 6.05. The minimum atomic E-state index is -4.71. The van der Waals surface area contributed by atoms with E-state index in [1.807, 2.05) is 0 Å². The molecule has 1 aliphatic carbocycles. The molecule has 8 nitrogen and oxygen atoms in total. The third-order valence-corrected chi connectivity index (χ3v) is 5.75. The van der Waals surface area contributed by atoms with Gasteiger partial charge < -0.3 is 4.90 Å². The zero-order valence-electron chi connectivity index (χ0n) is 16.6. The summed E-state index contributed by atoms with van der Waals surface area (Å²) in [4.78, 5) is 49.5. The van der Waals surface area contributed by atoms with Crippen molar-refractivity contribution >= 4 is 23.4 Å². The molecule has 0 spiro atoms. The van der Waals surface area contributed by atoms with Crippen molar-refractivity contribution in [2.75, 3.05) is 13.1 Å². The molecule has 1 aliphatic heterocycles. The Hall–Kier alpha value is -2.98. The van der Waals surface area contributed by atoms with Gasteiger partial charge in [-0.05, 0) is 12.8 Å². The summed E-state index contributed by atoms with van der Waals surface area (Å²) in [7, 11) is 0. The van der Waals surface area contributed by atoms with E-state index in [-0.39, 0.29) is 23.9 Å². The van der Waals surface area contributed by atoms with Crippen molar-refractivity contribution in [1.82, 2.24) is 9.80 Å². The lowest BCUT2D eigenvalue weighted by molar-refractivity contribution is -0.385. The molecule has 11 heteroatoms. The number of nitro groups is 1. The topological polar surface area (TPSA) is 101 Å². The number of fused-ring (bicyclic) bond motifs is 1. The fourth-order valence-corrected chi connectivity index (χ4v) is 4.29. The number of imide groups is 1. The van der Waals surface area contributed by atoms with Crippen molar-refractivity contribution in [3.63, 3.8) is 0 Å². The van der Waals surface area contributed by atoms with Crippen LogP contribution in [0.1, 0.15) is 37.7 Å². The monoisotopic (exact) mass is 441 g/mol. The van der Waals surface area contributed by atoms with Gasteiger partial charge in [-0.15, -0.1) is 0 Å². The second kappa shape index (κ2) is 9.03. The quantitative estimate of drug-likeness (QED) is 0.368. The number of benzene rings is 1. The molecule has 1 aromatic carbocycles. The zero-order chi connectivity index (χ0) is 22.8. The van der Waals surface area contributed by atoms with Crippen LogP contribution in [0.15, 0.2) is 24.3 Å². The van der Waals surface area contributed by atoms with Crippen molar-refractivity contribution in [3.8, 4) is 0 Å². The van der Waals surface area contributed by atoms with Gasteiger partial charge in [-0.25, -0.2) is 0 Å². The molecule has 3 rings (SSSR count). The Morgan fingerprint density at radius 3 is 2.26 bits per heavy atom. The average molecular weight is 441 g/mol. The summed E-state index contributed by atoms with van der Waals surface area (Å²) in [5.74, 6) is -2.50. The largest absolute Gasteiger partial charge is 0.406 e. The van der Waals surface area contributed by atoms with Gasteiger partial charge in [0.15, 0.2) is 0 Å². The average Bonchev–Trinajstić information content (AvgIpc) is 2.95. The van der Waals surface area contributed by atoms with E-state index in [2.05, 4.69) is 0 Å². The van der Waals surface area contributed by atoms with Crippen LogP contribution in [0.2, 0.25) is 0 Å². The highest BCUT2D eigenvalue weighted by Gasteiger charge is 2.48. The number of likely N-dealkylation sites (tertiary alicyclic amines) is 1. The van der Waals surface area contributed by atoms with Gasteiger partial charge in [0.05, 0.1) is 23.3 Å². The molecule has 0 bridgehead atoms. The van der Waals surface area contributed by atoms with Crippen LogP contribution in [-0.4, -0.2) is 51.7 Å². The van der Waals surface area contributed by atoms with E-state index in [4.69, 9.17) is 0 Å². The Balaban J connectivity index is 1.71. The van der Waals surface area contributed by atoms with Gasteiger partial charge in [-0.1, -0.05) is 31.0 Å². The SMILES string of the molecule is O=C(CCN1C(=O)C2CCCCC2C1=O)N(Cc1ccccc1[N+](=O)[O-])CC(F)(F)F. The maximum atomic E-state index is 13.0. The summed E-state index contributed by atoms with van der Waals surface area (Å²) in [6.45, 7) is -2.50. The normalized spacial score (nSPS) is 21.2. The summed E-state index contributed by atoms with van der Waals surface area (Å²) < 4.78 is 39.1. The smallest absolute Gasteiger partial charge is 0.329 e. The van der Waals surface area contributed by atoms with E-state index in [1.165, 1.54) is 18.2 Å². The van der Waals surface area contributed by atoms with E-state index in [0.717, 1.165) is 23.8 Å². The number of rotatable bonds is 7. The molecule has 1 heterocycles. The second-order valence-corrected chi connectivity index (χ2v) is 7.83. The van der Waals surface area contributed by atoms with Crippen molar-refractivity contribution in [2.45, 2.75) is 44.8 Å². The molecule has 0 aromatic heterocycles. The van der Waals surface area contributed by atoms with E-state index in [0.29, 0.717) is 17.7 Å². The molecule has 2 aliphatic rings. The molecule has 2 atom stereocenters. The van der Waals surface area contributed by atoms with Crippen LogP contribution in [0.5, 0.6) is 0 Å². The number of para-hydroxylation sites is 1. The maximum absolute atomic E-state index is 13.0. The maximum Gasteiger partial charge on any atom is 0.406 e. The molecular weight excluding hydrogens is 419 g/mol. The number of halogens is 3. The zero-order valence-corrected chi connectivity index (χ0v) is 16.6. The number of nitro benzene ring substituents is 1. The molecule has 1 saturated carbocycles. The van der Waals surface area contributed by atoms with Crippen molar-refractivity contribution in [1.29, 1.82) is 0 Å². The van der Waals surface area contributed by atoms with Gasteiger partial charge >= 0.3 is 6.18 Å². The van der Waals surface area contributed by atoms with Crippen molar-refractivity contribution in [3.05, 3.63) is 39.9 Å². The second-order valence-electron chi connectivity index (χ2n) is 7.83. The molecular formula is C20H22F3N3O5. The summed E-state index contributed by atoms with van der Waals surface area (Å²) in [5.41, 5.74) is -0.430. The third kappa shape index (κ3) is 5.20. The van der Waals surface area contributed by atoms with Crippen molar-refractivity contribution in [2.24, 2.45) is 11.8 Å². The first-order valence-corrected chi connectivity index (χ1v) is 10.0. The fraction of sp³-hybridized carbons (Fsp3) is 0.550. The Morgan fingerprint density at radius 1 is 1.13 bits per heavy atom. The Labute approximate surface area is 176 Å². The lowest BCUT2D eigenvalue weighted by Gasteiger charge is -2.25. The highest BCUT2D eigenvalue weighted by Crippen LogP contribution is 2.38. The van der Waals surface area contributed by atoms with E-state index in [1.54, 1.807) is 0 Å². The number of carbonyl (C=O) groups excluding carboxylic acids is 3. The van der Waals surface area contributed by atoms with Crippen LogP contribution in [0.4, 0.5) is 18.9 Å². The van der Waals surface area contributed by atoms with Crippen LogP contribution in [-0.2, 0) is 20.9 Å². The van der Waals surface area contributed by atoms with Crippen LogP contribution < -0.4 is 0 Å². The van der Waals surface area contributed by atoms with Gasteiger partial charge in [-0.3, -0.25) is 29.4 Å². The molecule has 168 valence electrons. The van der Waals surface area contributed by atoms with Crippen molar-refractivity contribution < 1.29 is 32.5 Å². The third-order valence-electron chi connectivity index (χ3n) is 5.75. The Bertz CT molecular complexity index is 865. The summed E-state index contributed by atoms with van der Waals surface area (Å²) in [5, 5.41) is 11.2. The van der Waals surface area contributed by atoms with Crippen LogP contribution in [0.3, 0.4) is 0 Å². The summed E-state index contributed by atoms with van der Waals surface area (Å²) in [6, 6.07) is 5.24. The number of alkyl halides is 3. The number of nitrogens with zero attached hydrogens (tertiary/aromatic N) is 3. The minimum absolute atomic E-state index is 0.0376. The minimum Gasteiger partial charge on any atom is -0.329 e. The Morgan fingerprint density at radius 2 is 1.71 bits per heavy atom. The predicted octanol–water partition coefficient (Wildman–Crippen LogP) is 3.05. The number of hydrogen-bond donors (Lipinski definition) is 0. The van der Waals surface area contributed by atoms with Gasteiger partial charge in [0.25, 0.3) is 5.69 Å². The highest BCUT2D eigenvalue weighted by atomic mass is 19.4. The number of amides is 3. The predicted molar refractivity (Wildman–Crippen MR) is 101 cm³/mol. The van der Waals surface area contributed by atoms with Crippen LogP contribution in [0.25, 0.3) is 0 Å². The molecule has 3 amide bonds. The fourth-order valence-electron chi connectivity index (χ4n) is 4.29. The van der Waals surface area contributed by atoms with Gasteiger partial charge in [0.1, 0.15) is 6.54 Å². The molecule has 1 aromatic rings. The first-order chi connectivity index (χ1) is 14.6. The Kier molecular flexibility index (Phi) is 6.61. The standard InChI is InChI=1S/C20H22F3N3O5/c21-20(22,23)12-24(11-13-5-1-4-8-16(13)26(30)31)17(27)9-10-25-18(28)14-6-2-3-7-15(14)19(25)29/h1,4-5,8,14-15H,2-3,6-7,9-12H2. The van der Waals surface area contributed by atoms with E-state index in [9.17, 15) is 37.7 Å². The van der Waals surface area contributed by atoms with Gasteiger partial charge in [0.2, 0.25) is 17.7 Å². The molecule has 31 heavy (non-hydrogen) atoms. The number of hydrogen-bond acceptors (Lipinski definition) is 5. The number of carbonyl (C=O) groups is 3. The van der Waals surface area contributed by atoms with Crippen LogP contribution >= 0.6 is 0 Å². The van der Waals surface area contributed by atoms with E-state index >= 15 is 0 Å². The molecule has 0 N–H and O–H groups in total. The molecule has 2 fully saturated rings. The lowest BCUT2D eigenvalue weighted by atomic mass is 9.81.